The Morgan fingerprint density at radius 3 is 2.67 bits per heavy atom. The van der Waals surface area contributed by atoms with Gasteiger partial charge in [0.1, 0.15) is 6.04 Å². The first kappa shape index (κ1) is 16.6. The number of piperazine rings is 1. The summed E-state index contributed by atoms with van der Waals surface area (Å²) in [6.45, 7) is 4.87. The number of hydrogen-bond acceptors (Lipinski definition) is 4. The lowest BCUT2D eigenvalue weighted by Crippen LogP contribution is -2.58. The molecule has 0 bridgehead atoms. The van der Waals surface area contributed by atoms with Crippen molar-refractivity contribution in [3.05, 3.63) is 52.0 Å². The SMILES string of the molecule is Cc1nc(CN2C(=O)CN(CCc3ccccc3)C(=O)[C@H]2C)cs1. The Labute approximate surface area is 145 Å². The number of hydrogen-bond donors (Lipinski definition) is 0. The first-order valence-electron chi connectivity index (χ1n) is 8.08. The van der Waals surface area contributed by atoms with Crippen LogP contribution in [0.5, 0.6) is 0 Å². The maximum Gasteiger partial charge on any atom is 0.245 e. The van der Waals surface area contributed by atoms with E-state index < -0.39 is 6.04 Å². The van der Waals surface area contributed by atoms with Gasteiger partial charge in [-0.25, -0.2) is 4.98 Å². The fourth-order valence-electron chi connectivity index (χ4n) is 2.92. The van der Waals surface area contributed by atoms with E-state index in [-0.39, 0.29) is 18.4 Å². The average Bonchev–Trinajstić information content (AvgIpc) is 3.00. The van der Waals surface area contributed by atoms with Crippen LogP contribution in [-0.4, -0.2) is 45.7 Å². The summed E-state index contributed by atoms with van der Waals surface area (Å²) in [5.74, 6) is -0.00158. The maximum atomic E-state index is 12.6. The molecule has 6 heteroatoms. The van der Waals surface area contributed by atoms with Gasteiger partial charge in [-0.1, -0.05) is 30.3 Å². The van der Waals surface area contributed by atoms with Gasteiger partial charge >= 0.3 is 0 Å². The van der Waals surface area contributed by atoms with Gasteiger partial charge in [-0.05, 0) is 25.8 Å². The Balaban J connectivity index is 1.63. The van der Waals surface area contributed by atoms with Crippen molar-refractivity contribution in [3.8, 4) is 0 Å². The lowest BCUT2D eigenvalue weighted by Gasteiger charge is -2.38. The van der Waals surface area contributed by atoms with Crippen LogP contribution in [0.15, 0.2) is 35.7 Å². The maximum absolute atomic E-state index is 12.6. The summed E-state index contributed by atoms with van der Waals surface area (Å²) in [7, 11) is 0. The van der Waals surface area contributed by atoms with Crippen molar-refractivity contribution < 1.29 is 9.59 Å². The normalized spacial score (nSPS) is 18.3. The van der Waals surface area contributed by atoms with Crippen molar-refractivity contribution in [2.24, 2.45) is 0 Å². The minimum atomic E-state index is -0.441. The molecule has 0 N–H and O–H groups in total. The third kappa shape index (κ3) is 3.64. The summed E-state index contributed by atoms with van der Waals surface area (Å²) < 4.78 is 0. The molecule has 126 valence electrons. The summed E-state index contributed by atoms with van der Waals surface area (Å²) in [4.78, 5) is 32.8. The summed E-state index contributed by atoms with van der Waals surface area (Å²) >= 11 is 1.56. The van der Waals surface area contributed by atoms with E-state index in [4.69, 9.17) is 0 Å². The van der Waals surface area contributed by atoms with E-state index in [1.54, 1.807) is 28.1 Å². The van der Waals surface area contributed by atoms with E-state index in [1.807, 2.05) is 42.6 Å². The Kier molecular flexibility index (Phi) is 4.94. The highest BCUT2D eigenvalue weighted by molar-refractivity contribution is 7.09. The zero-order valence-corrected chi connectivity index (χ0v) is 14.8. The second-order valence-electron chi connectivity index (χ2n) is 6.05. The standard InChI is InChI=1S/C18H21N3O2S/c1-13-18(23)20(9-8-15-6-4-3-5-7-15)11-17(22)21(13)10-16-12-24-14(2)19-16/h3-7,12-13H,8-11H2,1-2H3/t13-/m1/s1. The van der Waals surface area contributed by atoms with Crippen LogP contribution in [0.3, 0.4) is 0 Å². The number of amides is 2. The third-order valence-electron chi connectivity index (χ3n) is 4.30. The van der Waals surface area contributed by atoms with Gasteiger partial charge in [-0.15, -0.1) is 11.3 Å². The molecule has 0 spiro atoms. The van der Waals surface area contributed by atoms with Gasteiger partial charge in [0.05, 0.1) is 23.8 Å². The smallest absolute Gasteiger partial charge is 0.245 e. The minimum Gasteiger partial charge on any atom is -0.331 e. The van der Waals surface area contributed by atoms with Crippen LogP contribution in [0.1, 0.15) is 23.2 Å². The van der Waals surface area contributed by atoms with E-state index >= 15 is 0 Å². The Morgan fingerprint density at radius 1 is 1.25 bits per heavy atom. The molecular weight excluding hydrogens is 322 g/mol. The van der Waals surface area contributed by atoms with Crippen LogP contribution in [0, 0.1) is 6.92 Å². The number of nitrogens with zero attached hydrogens (tertiary/aromatic N) is 3. The number of carbonyl (C=O) groups excluding carboxylic acids is 2. The number of benzene rings is 1. The lowest BCUT2D eigenvalue weighted by molar-refractivity contribution is -0.155. The van der Waals surface area contributed by atoms with Crippen molar-refractivity contribution in [3.63, 3.8) is 0 Å². The molecule has 2 amide bonds. The summed E-state index contributed by atoms with van der Waals surface area (Å²) in [6, 6.07) is 9.58. The van der Waals surface area contributed by atoms with Crippen molar-refractivity contribution in [2.75, 3.05) is 13.1 Å². The van der Waals surface area contributed by atoms with Gasteiger partial charge in [0.2, 0.25) is 11.8 Å². The summed E-state index contributed by atoms with van der Waals surface area (Å²) in [5.41, 5.74) is 2.02. The molecule has 0 radical (unpaired) electrons. The van der Waals surface area contributed by atoms with Crippen LogP contribution < -0.4 is 0 Å². The van der Waals surface area contributed by atoms with Gasteiger partial charge in [0.15, 0.2) is 0 Å². The van der Waals surface area contributed by atoms with Crippen molar-refractivity contribution in [2.45, 2.75) is 32.9 Å². The van der Waals surface area contributed by atoms with Crippen LogP contribution in [0.25, 0.3) is 0 Å². The largest absolute Gasteiger partial charge is 0.331 e. The van der Waals surface area contributed by atoms with Crippen molar-refractivity contribution >= 4 is 23.2 Å². The first-order chi connectivity index (χ1) is 11.5. The molecule has 2 heterocycles. The number of aryl methyl sites for hydroxylation is 1. The molecule has 1 fully saturated rings. The quantitative estimate of drug-likeness (QED) is 0.837. The molecule has 3 rings (SSSR count). The van der Waals surface area contributed by atoms with Crippen LogP contribution in [-0.2, 0) is 22.6 Å². The van der Waals surface area contributed by atoms with Crippen LogP contribution in [0.2, 0.25) is 0 Å². The fraction of sp³-hybridized carbons (Fsp3) is 0.389. The number of aromatic nitrogens is 1. The van der Waals surface area contributed by atoms with Gasteiger partial charge in [-0.2, -0.15) is 0 Å². The predicted molar refractivity (Wildman–Crippen MR) is 93.6 cm³/mol. The van der Waals surface area contributed by atoms with Crippen molar-refractivity contribution in [1.82, 2.24) is 14.8 Å². The molecule has 1 aliphatic heterocycles. The first-order valence-corrected chi connectivity index (χ1v) is 8.96. The molecule has 2 aromatic rings. The molecule has 1 atom stereocenters. The summed E-state index contributed by atoms with van der Waals surface area (Å²) in [6.07, 6.45) is 0.762. The van der Waals surface area contributed by atoms with E-state index in [0.717, 1.165) is 17.1 Å². The van der Waals surface area contributed by atoms with E-state index in [9.17, 15) is 9.59 Å². The third-order valence-corrected chi connectivity index (χ3v) is 5.12. The second-order valence-corrected chi connectivity index (χ2v) is 7.11. The van der Waals surface area contributed by atoms with Gasteiger partial charge in [0.25, 0.3) is 0 Å². The highest BCUT2D eigenvalue weighted by atomic mass is 32.1. The van der Waals surface area contributed by atoms with E-state index in [0.29, 0.717) is 13.1 Å². The molecule has 0 aliphatic carbocycles. The Morgan fingerprint density at radius 2 is 2.00 bits per heavy atom. The number of rotatable bonds is 5. The number of thiazole rings is 1. The van der Waals surface area contributed by atoms with E-state index in [1.165, 1.54) is 5.56 Å². The zero-order valence-electron chi connectivity index (χ0n) is 13.9. The molecule has 1 aliphatic rings. The van der Waals surface area contributed by atoms with Crippen molar-refractivity contribution in [1.29, 1.82) is 0 Å². The van der Waals surface area contributed by atoms with Gasteiger partial charge in [-0.3, -0.25) is 9.59 Å². The predicted octanol–water partition coefficient (Wildman–Crippen LogP) is 2.25. The second kappa shape index (κ2) is 7.13. The molecule has 1 aromatic carbocycles. The van der Waals surface area contributed by atoms with Crippen LogP contribution >= 0.6 is 11.3 Å². The fourth-order valence-corrected chi connectivity index (χ4v) is 3.53. The van der Waals surface area contributed by atoms with Crippen LogP contribution in [0.4, 0.5) is 0 Å². The van der Waals surface area contributed by atoms with Gasteiger partial charge < -0.3 is 9.80 Å². The minimum absolute atomic E-state index is 0.0116. The highest BCUT2D eigenvalue weighted by Gasteiger charge is 2.36. The lowest BCUT2D eigenvalue weighted by atomic mass is 10.1. The topological polar surface area (TPSA) is 53.5 Å². The number of carbonyl (C=O) groups is 2. The highest BCUT2D eigenvalue weighted by Crippen LogP contribution is 2.18. The molecule has 1 aromatic heterocycles. The Hall–Kier alpha value is -2.21. The zero-order chi connectivity index (χ0) is 17.1. The molecule has 5 nitrogen and oxygen atoms in total. The molecular formula is C18H21N3O2S. The van der Waals surface area contributed by atoms with Gasteiger partial charge in [0, 0.05) is 11.9 Å². The molecule has 24 heavy (non-hydrogen) atoms. The molecule has 1 saturated heterocycles. The Bertz CT molecular complexity index is 729. The summed E-state index contributed by atoms with van der Waals surface area (Å²) in [5, 5.41) is 2.92. The molecule has 0 unspecified atom stereocenters. The molecule has 0 saturated carbocycles. The average molecular weight is 343 g/mol. The monoisotopic (exact) mass is 343 g/mol. The van der Waals surface area contributed by atoms with E-state index in [2.05, 4.69) is 4.98 Å².